The van der Waals surface area contributed by atoms with E-state index < -0.39 is 31.3 Å². The normalized spacial score (nSPS) is 16.0. The van der Waals surface area contributed by atoms with Crippen molar-refractivity contribution in [3.8, 4) is 0 Å². The number of rotatable bonds is 16. The Kier molecular flexibility index (Phi) is 19.6. The molecule has 2 atom stereocenters. The molecule has 0 amide bonds. The second-order valence-electron chi connectivity index (χ2n) is 8.41. The van der Waals surface area contributed by atoms with Gasteiger partial charge in [-0.2, -0.15) is 8.62 Å². The van der Waals surface area contributed by atoms with E-state index in [-0.39, 0.29) is 13.2 Å². The van der Waals surface area contributed by atoms with Gasteiger partial charge in [-0.25, -0.2) is 18.3 Å². The number of allylic oxidation sites excluding steroid dienone is 6. The molecule has 6 N–H and O–H groups in total. The smallest absolute Gasteiger partial charge is 0.302 e. The molecular weight excluding hydrogens is 588 g/mol. The fraction of sp³-hybridized carbons (Fsp3) is 0.600. The van der Waals surface area contributed by atoms with Crippen LogP contribution in [0.25, 0.3) is 0 Å². The molecule has 2 unspecified atom stereocenters. The maximum absolute atomic E-state index is 11.2. The van der Waals surface area contributed by atoms with Gasteiger partial charge in [-0.15, -0.1) is 0 Å². The molecule has 0 radical (unpaired) electrons. The summed E-state index contributed by atoms with van der Waals surface area (Å²) in [5.74, 6) is 0. The van der Waals surface area contributed by atoms with Gasteiger partial charge < -0.3 is 29.4 Å². The van der Waals surface area contributed by atoms with Gasteiger partial charge in [0.15, 0.2) is 0 Å². The van der Waals surface area contributed by atoms with Crippen molar-refractivity contribution in [3.05, 3.63) is 46.6 Å². The van der Waals surface area contributed by atoms with E-state index in [9.17, 15) is 18.3 Å². The first-order valence-corrected chi connectivity index (χ1v) is 17.1. The molecule has 0 rings (SSSR count). The third-order valence-electron chi connectivity index (χ3n) is 3.94. The highest BCUT2D eigenvalue weighted by molar-refractivity contribution is 7.61. The Morgan fingerprint density at radius 2 is 0.895 bits per heavy atom. The third-order valence-corrected chi connectivity index (χ3v) is 8.24. The van der Waals surface area contributed by atoms with Crippen molar-refractivity contribution in [2.24, 2.45) is 0 Å². The van der Waals surface area contributed by atoms with Crippen LogP contribution in [-0.2, 0) is 35.9 Å². The molecule has 0 saturated heterocycles. The maximum atomic E-state index is 11.2. The second kappa shape index (κ2) is 18.8. The Morgan fingerprint density at radius 3 is 1.26 bits per heavy atom. The average molecular weight is 628 g/mol. The van der Waals surface area contributed by atoms with Crippen LogP contribution >= 0.6 is 31.3 Å². The van der Waals surface area contributed by atoms with Crippen LogP contribution in [0.1, 0.15) is 67.2 Å². The summed E-state index contributed by atoms with van der Waals surface area (Å²) < 4.78 is 58.7. The molecule has 224 valence electrons. The van der Waals surface area contributed by atoms with Gasteiger partial charge in [-0.1, -0.05) is 46.6 Å². The lowest BCUT2D eigenvalue weighted by Crippen LogP contribution is -1.94. The molecule has 0 aliphatic carbocycles. The number of phosphoric acid groups is 4. The van der Waals surface area contributed by atoms with Crippen molar-refractivity contribution in [2.75, 3.05) is 13.2 Å². The molecule has 18 heteroatoms. The van der Waals surface area contributed by atoms with Gasteiger partial charge >= 0.3 is 31.3 Å². The Hall–Kier alpha value is -0.520. The minimum atomic E-state index is -5.07. The third kappa shape index (κ3) is 30.0. The molecular formula is C20H40O14P4. The highest BCUT2D eigenvalue weighted by atomic mass is 31.3. The van der Waals surface area contributed by atoms with Crippen LogP contribution < -0.4 is 0 Å². The maximum Gasteiger partial charge on any atom is 0.481 e. The number of phosphoric ester groups is 2. The van der Waals surface area contributed by atoms with Crippen molar-refractivity contribution < 1.29 is 65.3 Å². The molecule has 0 heterocycles. The molecule has 0 aromatic carbocycles. The van der Waals surface area contributed by atoms with Gasteiger partial charge in [0.1, 0.15) is 0 Å². The molecule has 0 fully saturated rings. The summed E-state index contributed by atoms with van der Waals surface area (Å²) in [6.07, 6.45) is 11.1. The van der Waals surface area contributed by atoms with Crippen LogP contribution in [0.3, 0.4) is 0 Å². The first kappa shape index (κ1) is 39.6. The van der Waals surface area contributed by atoms with Gasteiger partial charge in [0.05, 0.1) is 13.2 Å². The summed E-state index contributed by atoms with van der Waals surface area (Å²) in [7, 11) is -19.5. The summed E-state index contributed by atoms with van der Waals surface area (Å²) in [5.41, 5.74) is 4.40. The van der Waals surface area contributed by atoms with Crippen molar-refractivity contribution >= 4 is 31.3 Å². The van der Waals surface area contributed by atoms with Gasteiger partial charge in [0, 0.05) is 0 Å². The molecule has 0 aliphatic rings. The van der Waals surface area contributed by atoms with E-state index in [0.29, 0.717) is 0 Å². The minimum absolute atomic E-state index is 0.254. The fourth-order valence-electron chi connectivity index (χ4n) is 2.23. The van der Waals surface area contributed by atoms with E-state index in [1.807, 2.05) is 6.92 Å². The Morgan fingerprint density at radius 1 is 0.553 bits per heavy atom. The van der Waals surface area contributed by atoms with E-state index >= 15 is 0 Å². The number of hydrogen-bond acceptors (Lipinski definition) is 8. The zero-order chi connectivity index (χ0) is 30.2. The van der Waals surface area contributed by atoms with Crippen molar-refractivity contribution in [1.29, 1.82) is 0 Å². The summed E-state index contributed by atoms with van der Waals surface area (Å²) in [6, 6.07) is 0. The monoisotopic (exact) mass is 628 g/mol. The van der Waals surface area contributed by atoms with Crippen molar-refractivity contribution in [3.63, 3.8) is 0 Å². The predicted molar refractivity (Wildman–Crippen MR) is 143 cm³/mol. The lowest BCUT2D eigenvalue weighted by atomic mass is 10.1. The zero-order valence-electron chi connectivity index (χ0n) is 22.3. The van der Waals surface area contributed by atoms with Gasteiger partial charge in [0.2, 0.25) is 0 Å². The second-order valence-corrected chi connectivity index (χ2v) is 14.1. The molecule has 38 heavy (non-hydrogen) atoms. The molecule has 0 spiro atoms. The first-order valence-electron chi connectivity index (χ1n) is 11.1. The van der Waals surface area contributed by atoms with Gasteiger partial charge in [-0.05, 0) is 67.2 Å². The largest absolute Gasteiger partial charge is 0.481 e. The molecule has 0 aliphatic heterocycles. The van der Waals surface area contributed by atoms with E-state index in [4.69, 9.17) is 29.4 Å². The summed E-state index contributed by atoms with van der Waals surface area (Å²) in [5, 5.41) is 0. The summed E-state index contributed by atoms with van der Waals surface area (Å²) >= 11 is 0. The van der Waals surface area contributed by atoms with Gasteiger partial charge in [-0.3, -0.25) is 9.05 Å². The van der Waals surface area contributed by atoms with Crippen LogP contribution in [0.15, 0.2) is 46.6 Å². The first-order chi connectivity index (χ1) is 17.0. The van der Waals surface area contributed by atoms with Crippen LogP contribution in [-0.4, -0.2) is 42.6 Å². The van der Waals surface area contributed by atoms with E-state index in [2.05, 4.69) is 50.6 Å². The SMILES string of the molecule is CC(C)=CCCC(C)=CCCC(C)=CCOP(=O)(O)OP(=O)(O)O.CC(C)=CCOP(=O)(O)OP(=O)(O)O. The molecule has 14 nitrogen and oxygen atoms in total. The van der Waals surface area contributed by atoms with E-state index in [0.717, 1.165) is 36.8 Å². The lowest BCUT2D eigenvalue weighted by Gasteiger charge is -2.11. The molecule has 0 aromatic heterocycles. The van der Waals surface area contributed by atoms with Crippen LogP contribution in [0, 0.1) is 0 Å². The molecule has 0 bridgehead atoms. The number of hydrogen-bond donors (Lipinski definition) is 6. The van der Waals surface area contributed by atoms with Gasteiger partial charge in [0.25, 0.3) is 0 Å². The highest BCUT2D eigenvalue weighted by Crippen LogP contribution is 2.58. The Labute approximate surface area is 223 Å². The van der Waals surface area contributed by atoms with Crippen molar-refractivity contribution in [1.82, 2.24) is 0 Å². The molecule has 0 aromatic rings. The Balaban J connectivity index is 0. The standard InChI is InChI=1S/C15H28O7P2.C5H12O7P2/c1-13(2)7-5-8-14(3)9-6-10-15(4)11-12-21-24(19,20)22-23(16,17)18;1-5(2)3-4-11-14(9,10)12-13(6,7)8/h7,9,11H,5-6,8,10,12H2,1-4H3,(H,19,20)(H2,16,17,18);3H,4H2,1-2H3,(H,9,10)(H2,6,7,8). The molecule has 0 saturated carbocycles. The fourth-order valence-corrected chi connectivity index (χ4v) is 5.28. The minimum Gasteiger partial charge on any atom is -0.302 e. The predicted octanol–water partition coefficient (Wildman–Crippen LogP) is 5.81. The topological polar surface area (TPSA) is 227 Å². The van der Waals surface area contributed by atoms with Crippen LogP contribution in [0.4, 0.5) is 0 Å². The van der Waals surface area contributed by atoms with E-state index in [1.165, 1.54) is 17.2 Å². The highest BCUT2D eigenvalue weighted by Gasteiger charge is 2.32. The average Bonchev–Trinajstić information content (AvgIpc) is 2.63. The quantitative estimate of drug-likeness (QED) is 0.0876. The summed E-state index contributed by atoms with van der Waals surface area (Å²) in [6.45, 7) is 11.0. The summed E-state index contributed by atoms with van der Waals surface area (Å²) in [4.78, 5) is 51.3. The van der Waals surface area contributed by atoms with Crippen molar-refractivity contribution in [2.45, 2.75) is 67.2 Å². The lowest BCUT2D eigenvalue weighted by molar-refractivity contribution is 0.187. The zero-order valence-corrected chi connectivity index (χ0v) is 25.9. The van der Waals surface area contributed by atoms with Crippen LogP contribution in [0.2, 0.25) is 0 Å². The van der Waals surface area contributed by atoms with E-state index in [1.54, 1.807) is 19.9 Å². The Bertz CT molecular complexity index is 1030. The van der Waals surface area contributed by atoms with Crippen LogP contribution in [0.5, 0.6) is 0 Å².